The Morgan fingerprint density at radius 2 is 1.82 bits per heavy atom. The lowest BCUT2D eigenvalue weighted by Gasteiger charge is -2.07. The Hall–Kier alpha value is -2.30. The third-order valence-corrected chi connectivity index (χ3v) is 2.07. The highest BCUT2D eigenvalue weighted by Gasteiger charge is 1.95. The lowest BCUT2D eigenvalue weighted by atomic mass is 10.3. The number of hydrogen-bond donors (Lipinski definition) is 2. The first kappa shape index (κ1) is 11.2. The maximum Gasteiger partial charge on any atom is 0.222 e. The van der Waals surface area contributed by atoms with E-state index < -0.39 is 0 Å². The summed E-state index contributed by atoms with van der Waals surface area (Å²) < 4.78 is 5.51. The number of hydrogen-bond acceptors (Lipinski definition) is 5. The minimum atomic E-state index is 0.552. The van der Waals surface area contributed by atoms with Crippen molar-refractivity contribution in [3.8, 4) is 5.75 Å². The van der Waals surface area contributed by atoms with Crippen LogP contribution in [0.2, 0.25) is 0 Å². The molecule has 17 heavy (non-hydrogen) atoms. The number of para-hydroxylation sites is 1. The van der Waals surface area contributed by atoms with E-state index in [0.29, 0.717) is 24.8 Å². The minimum Gasteiger partial charge on any atom is -0.492 e. The molecule has 5 nitrogen and oxygen atoms in total. The Balaban J connectivity index is 1.71. The van der Waals surface area contributed by atoms with Crippen LogP contribution in [0.15, 0.2) is 42.7 Å². The Morgan fingerprint density at radius 3 is 2.53 bits per heavy atom. The van der Waals surface area contributed by atoms with Crippen LogP contribution >= 0.6 is 0 Å². The molecule has 0 aliphatic rings. The molecule has 3 N–H and O–H groups in total. The van der Waals surface area contributed by atoms with Gasteiger partial charge < -0.3 is 15.8 Å². The molecule has 0 unspecified atom stereocenters. The van der Waals surface area contributed by atoms with Crippen molar-refractivity contribution in [1.29, 1.82) is 0 Å². The fraction of sp³-hybridized carbons (Fsp3) is 0.167. The van der Waals surface area contributed by atoms with Crippen LogP contribution in [0.3, 0.4) is 0 Å². The molecule has 0 spiro atoms. The van der Waals surface area contributed by atoms with E-state index >= 15 is 0 Å². The number of ether oxygens (including phenoxy) is 1. The van der Waals surface area contributed by atoms with Gasteiger partial charge in [-0.25, -0.2) is 9.97 Å². The molecule has 0 aliphatic carbocycles. The summed E-state index contributed by atoms with van der Waals surface area (Å²) in [6.07, 6.45) is 3.13. The number of nitrogens with zero attached hydrogens (tertiary/aromatic N) is 2. The quantitative estimate of drug-likeness (QED) is 0.762. The Labute approximate surface area is 99.7 Å². The van der Waals surface area contributed by atoms with Crippen LogP contribution < -0.4 is 15.8 Å². The molecule has 1 aromatic heterocycles. The first-order valence-electron chi connectivity index (χ1n) is 5.34. The predicted molar refractivity (Wildman–Crippen MR) is 66.9 cm³/mol. The second-order valence-corrected chi connectivity index (χ2v) is 3.43. The molecule has 0 aliphatic heterocycles. The summed E-state index contributed by atoms with van der Waals surface area (Å²) in [5.41, 5.74) is 6.03. The number of nitrogens with one attached hydrogen (secondary N) is 1. The molecule has 0 amide bonds. The average Bonchev–Trinajstić information content (AvgIpc) is 2.38. The zero-order valence-corrected chi connectivity index (χ0v) is 9.34. The maximum atomic E-state index is 5.51. The molecular formula is C12H14N4O. The van der Waals surface area contributed by atoms with Gasteiger partial charge in [-0.1, -0.05) is 18.2 Å². The van der Waals surface area contributed by atoms with Crippen LogP contribution in [0, 0.1) is 0 Å². The number of benzene rings is 1. The maximum absolute atomic E-state index is 5.51. The second kappa shape index (κ2) is 5.69. The van der Waals surface area contributed by atoms with Crippen LogP contribution in [0.5, 0.6) is 5.75 Å². The highest BCUT2D eigenvalue weighted by Crippen LogP contribution is 2.07. The van der Waals surface area contributed by atoms with Crippen molar-refractivity contribution in [3.05, 3.63) is 42.7 Å². The summed E-state index contributed by atoms with van der Waals surface area (Å²) in [6.45, 7) is 1.19. The molecule has 0 fully saturated rings. The first-order chi connectivity index (χ1) is 8.34. The molecule has 0 saturated carbocycles. The van der Waals surface area contributed by atoms with Crippen molar-refractivity contribution >= 4 is 11.6 Å². The Bertz CT molecular complexity index is 444. The smallest absolute Gasteiger partial charge is 0.222 e. The van der Waals surface area contributed by atoms with Gasteiger partial charge in [-0.3, -0.25) is 0 Å². The Morgan fingerprint density at radius 1 is 1.12 bits per heavy atom. The van der Waals surface area contributed by atoms with Gasteiger partial charge >= 0.3 is 0 Å². The van der Waals surface area contributed by atoms with Crippen LogP contribution in [0.25, 0.3) is 0 Å². The first-order valence-corrected chi connectivity index (χ1v) is 5.34. The molecule has 2 aromatic rings. The molecule has 0 radical (unpaired) electrons. The van der Waals surface area contributed by atoms with Crippen molar-refractivity contribution in [2.75, 3.05) is 24.2 Å². The zero-order chi connectivity index (χ0) is 11.9. The largest absolute Gasteiger partial charge is 0.492 e. The van der Waals surface area contributed by atoms with Gasteiger partial charge in [0.05, 0.1) is 24.6 Å². The summed E-state index contributed by atoms with van der Waals surface area (Å²) >= 11 is 0. The van der Waals surface area contributed by atoms with E-state index in [1.807, 2.05) is 30.3 Å². The summed E-state index contributed by atoms with van der Waals surface area (Å²) in [5, 5.41) is 3.04. The molecule has 0 bridgehead atoms. The van der Waals surface area contributed by atoms with E-state index in [1.54, 1.807) is 12.4 Å². The number of aromatic nitrogens is 2. The van der Waals surface area contributed by atoms with Gasteiger partial charge in [-0.15, -0.1) is 0 Å². The summed E-state index contributed by atoms with van der Waals surface area (Å²) in [5.74, 6) is 1.41. The summed E-state index contributed by atoms with van der Waals surface area (Å²) in [7, 11) is 0. The SMILES string of the molecule is Nc1cnc(NCCOc2ccccc2)nc1. The van der Waals surface area contributed by atoms with Crippen molar-refractivity contribution in [2.45, 2.75) is 0 Å². The van der Waals surface area contributed by atoms with E-state index in [2.05, 4.69) is 15.3 Å². The molecule has 2 rings (SSSR count). The fourth-order valence-corrected chi connectivity index (χ4v) is 1.28. The normalized spacial score (nSPS) is 9.88. The van der Waals surface area contributed by atoms with E-state index in [-0.39, 0.29) is 0 Å². The molecule has 1 aromatic carbocycles. The van der Waals surface area contributed by atoms with Gasteiger partial charge in [0.15, 0.2) is 0 Å². The average molecular weight is 230 g/mol. The van der Waals surface area contributed by atoms with E-state index in [0.717, 1.165) is 5.75 Å². The van der Waals surface area contributed by atoms with Crippen molar-refractivity contribution in [2.24, 2.45) is 0 Å². The van der Waals surface area contributed by atoms with Crippen LogP contribution in [-0.2, 0) is 0 Å². The number of rotatable bonds is 5. The van der Waals surface area contributed by atoms with E-state index in [9.17, 15) is 0 Å². The Kier molecular flexibility index (Phi) is 3.75. The minimum absolute atomic E-state index is 0.552. The molecule has 5 heteroatoms. The number of nitrogens with two attached hydrogens (primary N) is 1. The van der Waals surface area contributed by atoms with Crippen molar-refractivity contribution in [1.82, 2.24) is 9.97 Å². The van der Waals surface area contributed by atoms with Gasteiger partial charge in [0.25, 0.3) is 0 Å². The highest BCUT2D eigenvalue weighted by atomic mass is 16.5. The highest BCUT2D eigenvalue weighted by molar-refractivity contribution is 5.35. The zero-order valence-electron chi connectivity index (χ0n) is 9.34. The van der Waals surface area contributed by atoms with Crippen molar-refractivity contribution < 1.29 is 4.74 Å². The fourth-order valence-electron chi connectivity index (χ4n) is 1.28. The van der Waals surface area contributed by atoms with Gasteiger partial charge in [0.1, 0.15) is 12.4 Å². The number of anilines is 2. The molecule has 0 saturated heterocycles. The van der Waals surface area contributed by atoms with Crippen molar-refractivity contribution in [3.63, 3.8) is 0 Å². The van der Waals surface area contributed by atoms with E-state index in [4.69, 9.17) is 10.5 Å². The molecule has 1 heterocycles. The third kappa shape index (κ3) is 3.64. The second-order valence-electron chi connectivity index (χ2n) is 3.43. The monoisotopic (exact) mass is 230 g/mol. The predicted octanol–water partition coefficient (Wildman–Crippen LogP) is 1.55. The molecule has 88 valence electrons. The van der Waals surface area contributed by atoms with Gasteiger partial charge in [-0.05, 0) is 12.1 Å². The number of nitrogen functional groups attached to an aromatic ring is 1. The van der Waals surface area contributed by atoms with Gasteiger partial charge in [-0.2, -0.15) is 0 Å². The van der Waals surface area contributed by atoms with Crippen LogP contribution in [-0.4, -0.2) is 23.1 Å². The van der Waals surface area contributed by atoms with Crippen LogP contribution in [0.1, 0.15) is 0 Å². The lowest BCUT2D eigenvalue weighted by molar-refractivity contribution is 0.332. The standard InChI is InChI=1S/C12H14N4O/c13-10-8-15-12(16-9-10)14-6-7-17-11-4-2-1-3-5-11/h1-5,8-9H,6-7,13H2,(H,14,15,16). The summed E-state index contributed by atoms with van der Waals surface area (Å²) in [4.78, 5) is 8.04. The van der Waals surface area contributed by atoms with Gasteiger partial charge in [0, 0.05) is 0 Å². The van der Waals surface area contributed by atoms with E-state index in [1.165, 1.54) is 0 Å². The van der Waals surface area contributed by atoms with Crippen LogP contribution in [0.4, 0.5) is 11.6 Å². The lowest BCUT2D eigenvalue weighted by Crippen LogP contribution is -2.13. The topological polar surface area (TPSA) is 73.1 Å². The summed E-state index contributed by atoms with van der Waals surface area (Å²) in [6, 6.07) is 9.66. The third-order valence-electron chi connectivity index (χ3n) is 2.07. The van der Waals surface area contributed by atoms with Gasteiger partial charge in [0.2, 0.25) is 5.95 Å². The molecular weight excluding hydrogens is 216 g/mol. The molecule has 0 atom stereocenters.